The highest BCUT2D eigenvalue weighted by molar-refractivity contribution is 5.62. The van der Waals surface area contributed by atoms with Crippen LogP contribution in [-0.4, -0.2) is 59.2 Å². The molecule has 2 N–H and O–H groups in total. The molecule has 32 heavy (non-hydrogen) atoms. The Morgan fingerprint density at radius 2 is 2.06 bits per heavy atom. The van der Waals surface area contributed by atoms with Gasteiger partial charge in [-0.1, -0.05) is 18.2 Å². The summed E-state index contributed by atoms with van der Waals surface area (Å²) >= 11 is 0. The molecule has 2 saturated carbocycles. The first-order valence-corrected chi connectivity index (χ1v) is 12.5. The number of hydrogen-bond donors (Lipinski definition) is 2. The molecule has 1 aromatic rings. The number of nitrogens with zero attached hydrogens (tertiary/aromatic N) is 1. The van der Waals surface area contributed by atoms with Crippen molar-refractivity contribution in [2.24, 2.45) is 23.2 Å². The molecule has 5 heteroatoms. The fourth-order valence-electron chi connectivity index (χ4n) is 9.03. The number of rotatable bonds is 4. The average molecular weight is 438 g/mol. The van der Waals surface area contributed by atoms with Crippen LogP contribution in [0.5, 0.6) is 11.5 Å². The van der Waals surface area contributed by atoms with E-state index in [1.54, 1.807) is 7.11 Å². The van der Waals surface area contributed by atoms with Crippen LogP contribution < -0.4 is 4.74 Å². The number of phenols is 1. The van der Waals surface area contributed by atoms with Crippen molar-refractivity contribution < 1.29 is 19.7 Å². The third-order valence-electron chi connectivity index (χ3n) is 10.4. The van der Waals surface area contributed by atoms with Gasteiger partial charge >= 0.3 is 0 Å². The zero-order valence-corrected chi connectivity index (χ0v) is 19.4. The Morgan fingerprint density at radius 1 is 1.25 bits per heavy atom. The number of ether oxygens (including phenoxy) is 2. The third kappa shape index (κ3) is 2.08. The van der Waals surface area contributed by atoms with Crippen LogP contribution in [0.1, 0.15) is 50.7 Å². The maximum Gasteiger partial charge on any atom is 0.164 e. The molecular formula is C27H35NO4. The van der Waals surface area contributed by atoms with E-state index < -0.39 is 11.2 Å². The van der Waals surface area contributed by atoms with Crippen LogP contribution in [0.2, 0.25) is 0 Å². The summed E-state index contributed by atoms with van der Waals surface area (Å²) in [4.78, 5) is 2.78. The summed E-state index contributed by atoms with van der Waals surface area (Å²) in [5, 5.41) is 22.2. The molecule has 1 aromatic carbocycles. The summed E-state index contributed by atoms with van der Waals surface area (Å²) in [5.41, 5.74) is 0.964. The second-order valence-corrected chi connectivity index (χ2v) is 12.0. The van der Waals surface area contributed by atoms with Crippen molar-refractivity contribution in [3.05, 3.63) is 35.4 Å². The van der Waals surface area contributed by atoms with Crippen LogP contribution >= 0.6 is 0 Å². The van der Waals surface area contributed by atoms with Gasteiger partial charge in [-0.25, -0.2) is 0 Å². The molecule has 4 bridgehead atoms. The van der Waals surface area contributed by atoms with Gasteiger partial charge in [0.05, 0.1) is 17.8 Å². The zero-order chi connectivity index (χ0) is 22.1. The number of benzene rings is 1. The van der Waals surface area contributed by atoms with Gasteiger partial charge in [-0.05, 0) is 70.0 Å². The van der Waals surface area contributed by atoms with Crippen LogP contribution in [0, 0.1) is 23.2 Å². The van der Waals surface area contributed by atoms with Crippen LogP contribution in [0.25, 0.3) is 0 Å². The Kier molecular flexibility index (Phi) is 3.67. The Morgan fingerprint density at radius 3 is 2.78 bits per heavy atom. The molecule has 7 aliphatic rings. The molecule has 0 amide bonds. The lowest BCUT2D eigenvalue weighted by Crippen LogP contribution is -2.80. The predicted molar refractivity (Wildman–Crippen MR) is 121 cm³/mol. The van der Waals surface area contributed by atoms with Crippen LogP contribution in [-0.2, 0) is 16.6 Å². The predicted octanol–water partition coefficient (Wildman–Crippen LogP) is 3.41. The van der Waals surface area contributed by atoms with Crippen molar-refractivity contribution in [2.75, 3.05) is 26.8 Å². The molecule has 2 heterocycles. The summed E-state index contributed by atoms with van der Waals surface area (Å²) in [7, 11) is 1.81. The monoisotopic (exact) mass is 437 g/mol. The first kappa shape index (κ1) is 19.9. The lowest BCUT2D eigenvalue weighted by molar-refractivity contribution is -0.251. The number of piperidine rings is 1. The summed E-state index contributed by atoms with van der Waals surface area (Å²) in [6, 6.07) is 4.38. The highest BCUT2D eigenvalue weighted by atomic mass is 16.5. The zero-order valence-electron chi connectivity index (χ0n) is 19.4. The molecular weight excluding hydrogens is 402 g/mol. The van der Waals surface area contributed by atoms with E-state index in [-0.39, 0.29) is 28.4 Å². The minimum atomic E-state index is -0.857. The Labute approximate surface area is 190 Å². The maximum atomic E-state index is 11.4. The van der Waals surface area contributed by atoms with E-state index in [0.29, 0.717) is 18.4 Å². The number of hydrogen-bond acceptors (Lipinski definition) is 5. The molecule has 5 nitrogen and oxygen atoms in total. The largest absolute Gasteiger partial charge is 0.504 e. The van der Waals surface area contributed by atoms with Crippen LogP contribution in [0.4, 0.5) is 0 Å². The Bertz CT molecular complexity index is 1030. The smallest absolute Gasteiger partial charge is 0.164 e. The van der Waals surface area contributed by atoms with Gasteiger partial charge in [-0.15, -0.1) is 0 Å². The molecule has 1 saturated heterocycles. The van der Waals surface area contributed by atoms with Gasteiger partial charge in [0.25, 0.3) is 0 Å². The maximum absolute atomic E-state index is 11.4. The SMILES string of the molecule is CO[C@@]12C=C[C@@]3(C[C@@H]1C(C)(C)O)C1Cc4ccc(O)c5c4C3(CCN1CC1CC1)C2CO5. The van der Waals surface area contributed by atoms with E-state index in [1.165, 1.54) is 30.5 Å². The van der Waals surface area contributed by atoms with Crippen molar-refractivity contribution in [1.29, 1.82) is 0 Å². The Balaban J connectivity index is 1.52. The van der Waals surface area contributed by atoms with E-state index in [0.717, 1.165) is 31.7 Å². The van der Waals surface area contributed by atoms with E-state index in [9.17, 15) is 10.2 Å². The fourth-order valence-corrected chi connectivity index (χ4v) is 9.03. The van der Waals surface area contributed by atoms with Crippen LogP contribution in [0.3, 0.4) is 0 Å². The van der Waals surface area contributed by atoms with Gasteiger partial charge in [0.2, 0.25) is 0 Å². The van der Waals surface area contributed by atoms with Crippen molar-refractivity contribution in [3.63, 3.8) is 0 Å². The van der Waals surface area contributed by atoms with Gasteiger partial charge in [-0.2, -0.15) is 0 Å². The van der Waals surface area contributed by atoms with Gasteiger partial charge in [0, 0.05) is 47.9 Å². The van der Waals surface area contributed by atoms with E-state index in [2.05, 4.69) is 23.1 Å². The van der Waals surface area contributed by atoms with Gasteiger partial charge in [0.1, 0.15) is 0 Å². The van der Waals surface area contributed by atoms with Gasteiger partial charge in [0.15, 0.2) is 11.5 Å². The summed E-state index contributed by atoms with van der Waals surface area (Å²) in [6.07, 6.45) is 10.5. The highest BCUT2D eigenvalue weighted by Gasteiger charge is 2.78. The molecule has 2 aliphatic heterocycles. The highest BCUT2D eigenvalue weighted by Crippen LogP contribution is 2.75. The standard InChI is InChI=1S/C27H35NO4/c1-24(2,30)19-13-25-8-9-27(19,31-3)20-15-32-23-18(29)7-6-17-12-21(25)28(14-16-4-5-16)11-10-26(20,25)22(17)23/h6-9,16,19-21,29-30H,4-5,10-15H2,1-3H3/t19-,20?,21?,25-,26?,27+/m1/s1. The molecule has 0 aromatic heterocycles. The molecule has 3 fully saturated rings. The van der Waals surface area contributed by atoms with E-state index in [4.69, 9.17) is 9.47 Å². The summed E-state index contributed by atoms with van der Waals surface area (Å²) in [5.74, 6) is 1.94. The topological polar surface area (TPSA) is 62.2 Å². The lowest BCUT2D eigenvalue weighted by atomic mass is 9.33. The van der Waals surface area contributed by atoms with Crippen molar-refractivity contribution in [3.8, 4) is 11.5 Å². The first-order valence-electron chi connectivity index (χ1n) is 12.5. The molecule has 172 valence electrons. The van der Waals surface area contributed by atoms with Crippen molar-refractivity contribution in [1.82, 2.24) is 4.90 Å². The molecule has 6 atom stereocenters. The minimum Gasteiger partial charge on any atom is -0.504 e. The fraction of sp³-hybridized carbons (Fsp3) is 0.704. The van der Waals surface area contributed by atoms with Crippen LogP contribution in [0.15, 0.2) is 24.3 Å². The molecule has 0 radical (unpaired) electrons. The minimum absolute atomic E-state index is 0.00416. The number of phenolic OH excluding ortho intramolecular Hbond substituents is 1. The average Bonchev–Trinajstić information content (AvgIpc) is 3.58. The van der Waals surface area contributed by atoms with Crippen molar-refractivity contribution in [2.45, 2.75) is 68.6 Å². The molecule has 2 spiro atoms. The Hall–Kier alpha value is -1.56. The summed E-state index contributed by atoms with van der Waals surface area (Å²) < 4.78 is 12.8. The normalized spacial score (nSPS) is 43.7. The number of fused-ring (bicyclic) bond motifs is 1. The number of aliphatic hydroxyl groups is 1. The second kappa shape index (κ2) is 5.92. The number of methoxy groups -OCH3 is 1. The van der Waals surface area contributed by atoms with E-state index >= 15 is 0 Å². The first-order chi connectivity index (χ1) is 15.3. The van der Waals surface area contributed by atoms with E-state index in [1.807, 2.05) is 19.9 Å². The number of aromatic hydroxyl groups is 1. The molecule has 8 rings (SSSR count). The third-order valence-corrected chi connectivity index (χ3v) is 10.4. The summed E-state index contributed by atoms with van der Waals surface area (Å²) in [6.45, 7) is 6.71. The van der Waals surface area contributed by atoms with Crippen molar-refractivity contribution >= 4 is 0 Å². The number of likely N-dealkylation sites (tertiary alicyclic amines) is 1. The molecule has 3 unspecified atom stereocenters. The second-order valence-electron chi connectivity index (χ2n) is 12.0. The van der Waals surface area contributed by atoms with Gasteiger partial charge in [-0.3, -0.25) is 4.90 Å². The van der Waals surface area contributed by atoms with Gasteiger partial charge < -0.3 is 19.7 Å². The quantitative estimate of drug-likeness (QED) is 0.707. The lowest BCUT2D eigenvalue weighted by Gasteiger charge is -2.76. The molecule has 5 aliphatic carbocycles.